The highest BCUT2D eigenvalue weighted by Crippen LogP contribution is 2.37. The minimum absolute atomic E-state index is 0.0745. The van der Waals surface area contributed by atoms with Crippen LogP contribution in [-0.4, -0.2) is 29.1 Å². The number of methoxy groups -OCH3 is 1. The summed E-state index contributed by atoms with van der Waals surface area (Å²) in [4.78, 5) is 18.1. The summed E-state index contributed by atoms with van der Waals surface area (Å²) in [6, 6.07) is 20.0. The van der Waals surface area contributed by atoms with E-state index in [1.807, 2.05) is 50.2 Å². The number of hydrogen-bond acceptors (Lipinski definition) is 6. The van der Waals surface area contributed by atoms with Crippen molar-refractivity contribution < 1.29 is 13.9 Å². The van der Waals surface area contributed by atoms with Crippen molar-refractivity contribution in [2.45, 2.75) is 20.0 Å². The molecule has 0 aliphatic carbocycles. The van der Waals surface area contributed by atoms with Gasteiger partial charge in [0.1, 0.15) is 5.58 Å². The van der Waals surface area contributed by atoms with Gasteiger partial charge in [-0.05, 0) is 55.8 Å². The molecule has 176 valence electrons. The number of rotatable bonds is 6. The van der Waals surface area contributed by atoms with Gasteiger partial charge in [0, 0.05) is 5.39 Å². The first-order chi connectivity index (χ1) is 16.9. The van der Waals surface area contributed by atoms with E-state index in [0.29, 0.717) is 50.2 Å². The standard InChI is InChI=1S/C27H22ClN3O4/c1-16(2)34-25-20(28)12-17(13-23(25)33-3)15-29-31-26(24-14-18-8-4-7-11-22(18)35-24)30-21-10-6-5-9-19(21)27(31)32/h4-16H,1-3H3. The zero-order valence-corrected chi connectivity index (χ0v) is 20.1. The number of furan rings is 1. The molecule has 8 heteroatoms. The van der Waals surface area contributed by atoms with Crippen LogP contribution in [0.5, 0.6) is 11.5 Å². The highest BCUT2D eigenvalue weighted by atomic mass is 35.5. The number of nitrogens with zero attached hydrogens (tertiary/aromatic N) is 3. The van der Waals surface area contributed by atoms with Gasteiger partial charge in [0.25, 0.3) is 5.56 Å². The Morgan fingerprint density at radius 1 is 1.09 bits per heavy atom. The molecule has 0 fully saturated rings. The molecule has 0 radical (unpaired) electrons. The number of para-hydroxylation sites is 2. The molecule has 0 N–H and O–H groups in total. The highest BCUT2D eigenvalue weighted by molar-refractivity contribution is 6.32. The van der Waals surface area contributed by atoms with Crippen molar-refractivity contribution in [3.05, 3.63) is 87.7 Å². The molecule has 0 aliphatic heterocycles. The Labute approximate surface area is 206 Å². The first-order valence-corrected chi connectivity index (χ1v) is 11.4. The fourth-order valence-corrected chi connectivity index (χ4v) is 4.03. The van der Waals surface area contributed by atoms with Crippen LogP contribution in [0.1, 0.15) is 19.4 Å². The summed E-state index contributed by atoms with van der Waals surface area (Å²) in [7, 11) is 1.54. The molecule has 0 unspecified atom stereocenters. The van der Waals surface area contributed by atoms with Gasteiger partial charge in [-0.2, -0.15) is 9.78 Å². The topological polar surface area (TPSA) is 78.9 Å². The van der Waals surface area contributed by atoms with E-state index in [9.17, 15) is 4.79 Å². The molecule has 2 heterocycles. The van der Waals surface area contributed by atoms with Crippen LogP contribution >= 0.6 is 11.6 Å². The van der Waals surface area contributed by atoms with E-state index in [-0.39, 0.29) is 11.7 Å². The molecule has 0 atom stereocenters. The summed E-state index contributed by atoms with van der Waals surface area (Å²) in [5.41, 5.74) is 1.55. The second kappa shape index (κ2) is 9.27. The van der Waals surface area contributed by atoms with Gasteiger partial charge >= 0.3 is 0 Å². The summed E-state index contributed by atoms with van der Waals surface area (Å²) < 4.78 is 18.5. The van der Waals surface area contributed by atoms with Crippen LogP contribution in [0.15, 0.2) is 81.0 Å². The fraction of sp³-hybridized carbons (Fsp3) is 0.148. The largest absolute Gasteiger partial charge is 0.493 e. The summed E-state index contributed by atoms with van der Waals surface area (Å²) in [6.45, 7) is 3.81. The molecule has 0 spiro atoms. The average Bonchev–Trinajstić information content (AvgIpc) is 3.28. The Bertz CT molecular complexity index is 1600. The van der Waals surface area contributed by atoms with Crippen molar-refractivity contribution >= 4 is 39.7 Å². The van der Waals surface area contributed by atoms with Crippen molar-refractivity contribution in [3.63, 3.8) is 0 Å². The van der Waals surface area contributed by atoms with E-state index in [4.69, 9.17) is 30.5 Å². The van der Waals surface area contributed by atoms with Gasteiger partial charge in [-0.15, -0.1) is 0 Å². The van der Waals surface area contributed by atoms with Crippen LogP contribution in [0, 0.1) is 0 Å². The second-order valence-electron chi connectivity index (χ2n) is 8.16. The fourth-order valence-electron chi connectivity index (χ4n) is 3.77. The molecule has 5 aromatic rings. The number of hydrogen-bond donors (Lipinski definition) is 0. The molecule has 2 aromatic heterocycles. The van der Waals surface area contributed by atoms with Crippen molar-refractivity contribution in [1.82, 2.24) is 9.66 Å². The molecule has 0 amide bonds. The van der Waals surface area contributed by atoms with Gasteiger partial charge in [0.15, 0.2) is 17.3 Å². The third-order valence-corrected chi connectivity index (χ3v) is 5.61. The summed E-state index contributed by atoms with van der Waals surface area (Å²) in [5.74, 6) is 1.64. The van der Waals surface area contributed by atoms with Gasteiger partial charge in [0.2, 0.25) is 5.82 Å². The maximum atomic E-state index is 13.4. The third-order valence-electron chi connectivity index (χ3n) is 5.33. The number of fused-ring (bicyclic) bond motifs is 2. The lowest BCUT2D eigenvalue weighted by Gasteiger charge is -2.15. The van der Waals surface area contributed by atoms with Crippen LogP contribution < -0.4 is 15.0 Å². The molecule has 0 saturated heterocycles. The Morgan fingerprint density at radius 3 is 2.63 bits per heavy atom. The Balaban J connectivity index is 1.66. The predicted octanol–water partition coefficient (Wildman–Crippen LogP) is 6.14. The van der Waals surface area contributed by atoms with Gasteiger partial charge in [-0.25, -0.2) is 4.98 Å². The smallest absolute Gasteiger partial charge is 0.282 e. The van der Waals surface area contributed by atoms with E-state index >= 15 is 0 Å². The van der Waals surface area contributed by atoms with Crippen LogP contribution in [0.3, 0.4) is 0 Å². The molecule has 5 rings (SSSR count). The number of ether oxygens (including phenoxy) is 2. The summed E-state index contributed by atoms with van der Waals surface area (Å²) in [5, 5.41) is 6.20. The van der Waals surface area contributed by atoms with Gasteiger partial charge in [-0.3, -0.25) is 4.79 Å². The first-order valence-electron chi connectivity index (χ1n) is 11.0. The number of benzene rings is 3. The minimum atomic E-state index is -0.319. The lowest BCUT2D eigenvalue weighted by atomic mass is 10.2. The lowest BCUT2D eigenvalue weighted by Crippen LogP contribution is -2.20. The van der Waals surface area contributed by atoms with Crippen LogP contribution in [0.4, 0.5) is 0 Å². The van der Waals surface area contributed by atoms with Gasteiger partial charge in [0.05, 0.1) is 35.4 Å². The zero-order valence-electron chi connectivity index (χ0n) is 19.4. The van der Waals surface area contributed by atoms with Crippen molar-refractivity contribution in [2.24, 2.45) is 5.10 Å². The third kappa shape index (κ3) is 4.38. The SMILES string of the molecule is COc1cc(C=Nn2c(-c3cc4ccccc4o3)nc3ccccc3c2=O)cc(Cl)c1OC(C)C. The summed E-state index contributed by atoms with van der Waals surface area (Å²) in [6.07, 6.45) is 1.45. The number of aromatic nitrogens is 2. The molecule has 35 heavy (non-hydrogen) atoms. The number of halogens is 1. The second-order valence-corrected chi connectivity index (χ2v) is 8.57. The zero-order chi connectivity index (χ0) is 24.5. The molecule has 3 aromatic carbocycles. The maximum absolute atomic E-state index is 13.4. The molecule has 0 aliphatic rings. The molecule has 7 nitrogen and oxygen atoms in total. The molecular weight excluding hydrogens is 466 g/mol. The monoisotopic (exact) mass is 487 g/mol. The Morgan fingerprint density at radius 2 is 1.86 bits per heavy atom. The quantitative estimate of drug-likeness (QED) is 0.269. The van der Waals surface area contributed by atoms with E-state index < -0.39 is 0 Å². The lowest BCUT2D eigenvalue weighted by molar-refractivity contribution is 0.230. The Kier molecular flexibility index (Phi) is 6.01. The molecule has 0 saturated carbocycles. The van der Waals surface area contributed by atoms with E-state index in [2.05, 4.69) is 5.10 Å². The summed E-state index contributed by atoms with van der Waals surface area (Å²) >= 11 is 6.46. The highest BCUT2D eigenvalue weighted by Gasteiger charge is 2.17. The van der Waals surface area contributed by atoms with E-state index in [1.54, 1.807) is 30.3 Å². The van der Waals surface area contributed by atoms with Crippen LogP contribution in [-0.2, 0) is 0 Å². The van der Waals surface area contributed by atoms with E-state index in [0.717, 1.165) is 5.39 Å². The minimum Gasteiger partial charge on any atom is -0.493 e. The predicted molar refractivity (Wildman–Crippen MR) is 138 cm³/mol. The Hall–Kier alpha value is -4.10. The molecular formula is C27H22ClN3O4. The molecule has 0 bridgehead atoms. The van der Waals surface area contributed by atoms with E-state index in [1.165, 1.54) is 18.0 Å². The first kappa shape index (κ1) is 22.7. The average molecular weight is 488 g/mol. The van der Waals surface area contributed by atoms with Crippen molar-refractivity contribution in [2.75, 3.05) is 7.11 Å². The van der Waals surface area contributed by atoms with Crippen molar-refractivity contribution in [1.29, 1.82) is 0 Å². The maximum Gasteiger partial charge on any atom is 0.282 e. The normalized spacial score (nSPS) is 11.7. The van der Waals surface area contributed by atoms with Crippen LogP contribution in [0.25, 0.3) is 33.5 Å². The van der Waals surface area contributed by atoms with Gasteiger partial charge in [-0.1, -0.05) is 41.9 Å². The van der Waals surface area contributed by atoms with Crippen molar-refractivity contribution in [3.8, 4) is 23.1 Å². The van der Waals surface area contributed by atoms with Gasteiger partial charge < -0.3 is 13.9 Å². The van der Waals surface area contributed by atoms with Crippen LogP contribution in [0.2, 0.25) is 5.02 Å².